The Bertz CT molecular complexity index is 520. The maximum absolute atomic E-state index is 12.5. The average Bonchev–Trinajstić information content (AvgIpc) is 3.03. The molecule has 1 aromatic heterocycles. The Morgan fingerprint density at radius 3 is 2.52 bits per heavy atom. The fourth-order valence-electron chi connectivity index (χ4n) is 3.93. The lowest BCUT2D eigenvalue weighted by Crippen LogP contribution is -2.48. The van der Waals surface area contributed by atoms with Gasteiger partial charge in [-0.3, -0.25) is 9.78 Å². The molecular formula is C18H27N3O2. The maximum Gasteiger partial charge on any atom is 0.254 e. The quantitative estimate of drug-likeness (QED) is 0.923. The van der Waals surface area contributed by atoms with Crippen molar-refractivity contribution in [2.45, 2.75) is 44.1 Å². The highest BCUT2D eigenvalue weighted by Gasteiger charge is 2.41. The van der Waals surface area contributed by atoms with E-state index in [4.69, 9.17) is 0 Å². The second-order valence-corrected chi connectivity index (χ2v) is 7.06. The lowest BCUT2D eigenvalue weighted by molar-refractivity contribution is -0.149. The van der Waals surface area contributed by atoms with Gasteiger partial charge in [0.15, 0.2) is 0 Å². The molecule has 2 aliphatic rings. The van der Waals surface area contributed by atoms with Crippen LogP contribution in [0.15, 0.2) is 24.5 Å². The molecule has 5 nitrogen and oxygen atoms in total. The first-order chi connectivity index (χ1) is 11.1. The highest BCUT2D eigenvalue weighted by Crippen LogP contribution is 2.31. The molecule has 1 N–H and O–H groups in total. The van der Waals surface area contributed by atoms with Gasteiger partial charge in [0, 0.05) is 44.8 Å². The smallest absolute Gasteiger partial charge is 0.254 e. The Kier molecular flexibility index (Phi) is 4.85. The molecule has 23 heavy (non-hydrogen) atoms. The third-order valence-corrected chi connectivity index (χ3v) is 5.35. The number of piperidine rings is 1. The first-order valence-corrected chi connectivity index (χ1v) is 8.71. The standard InChI is InChI=1S/C18H27N3O2/c1-20(17(22)18(23)8-2-3-9-18)14-15-6-12-21(13-7-15)16-4-10-19-11-5-16/h4-5,10-11,15,23H,2-3,6-9,12-14H2,1H3. The van der Waals surface area contributed by atoms with Crippen LogP contribution in [0.1, 0.15) is 38.5 Å². The van der Waals surface area contributed by atoms with Crippen molar-refractivity contribution in [2.75, 3.05) is 31.6 Å². The van der Waals surface area contributed by atoms with E-state index >= 15 is 0 Å². The third-order valence-electron chi connectivity index (χ3n) is 5.35. The Morgan fingerprint density at radius 2 is 1.91 bits per heavy atom. The van der Waals surface area contributed by atoms with Crippen LogP contribution in [-0.2, 0) is 4.79 Å². The predicted molar refractivity (Wildman–Crippen MR) is 90.2 cm³/mol. The van der Waals surface area contributed by atoms with Crippen molar-refractivity contribution in [3.8, 4) is 0 Å². The summed E-state index contributed by atoms with van der Waals surface area (Å²) in [5, 5.41) is 10.4. The zero-order valence-corrected chi connectivity index (χ0v) is 13.9. The summed E-state index contributed by atoms with van der Waals surface area (Å²) in [6.07, 6.45) is 8.98. The van der Waals surface area contributed by atoms with Crippen LogP contribution in [0.25, 0.3) is 0 Å². The summed E-state index contributed by atoms with van der Waals surface area (Å²) in [5.74, 6) is 0.443. The number of likely N-dealkylation sites (N-methyl/N-ethyl adjacent to an activating group) is 1. The molecule has 2 heterocycles. The van der Waals surface area contributed by atoms with Crippen LogP contribution >= 0.6 is 0 Å². The molecular weight excluding hydrogens is 290 g/mol. The number of nitrogens with zero attached hydrogens (tertiary/aromatic N) is 3. The minimum Gasteiger partial charge on any atom is -0.380 e. The van der Waals surface area contributed by atoms with Gasteiger partial charge in [-0.15, -0.1) is 0 Å². The Balaban J connectivity index is 1.49. The minimum absolute atomic E-state index is 0.0773. The van der Waals surface area contributed by atoms with E-state index in [9.17, 15) is 9.90 Å². The van der Waals surface area contributed by atoms with Crippen molar-refractivity contribution in [1.82, 2.24) is 9.88 Å². The number of hydrogen-bond donors (Lipinski definition) is 1. The minimum atomic E-state index is -1.09. The van der Waals surface area contributed by atoms with Crippen molar-refractivity contribution in [3.63, 3.8) is 0 Å². The number of carbonyl (C=O) groups excluding carboxylic acids is 1. The van der Waals surface area contributed by atoms with E-state index < -0.39 is 5.60 Å². The van der Waals surface area contributed by atoms with Crippen molar-refractivity contribution < 1.29 is 9.90 Å². The topological polar surface area (TPSA) is 56.7 Å². The normalized spacial score (nSPS) is 21.4. The van der Waals surface area contributed by atoms with Crippen LogP contribution < -0.4 is 4.90 Å². The molecule has 0 unspecified atom stereocenters. The second kappa shape index (κ2) is 6.87. The Morgan fingerprint density at radius 1 is 1.30 bits per heavy atom. The molecule has 1 aliphatic carbocycles. The van der Waals surface area contributed by atoms with Crippen molar-refractivity contribution in [1.29, 1.82) is 0 Å². The lowest BCUT2D eigenvalue weighted by atomic mass is 9.94. The summed E-state index contributed by atoms with van der Waals surface area (Å²) in [6, 6.07) is 4.09. The SMILES string of the molecule is CN(CC1CCN(c2ccncc2)CC1)C(=O)C1(O)CCCC1. The molecule has 2 fully saturated rings. The van der Waals surface area contributed by atoms with E-state index in [2.05, 4.69) is 9.88 Å². The highest BCUT2D eigenvalue weighted by molar-refractivity contribution is 5.85. The fourth-order valence-corrected chi connectivity index (χ4v) is 3.93. The van der Waals surface area contributed by atoms with E-state index in [1.54, 1.807) is 4.90 Å². The molecule has 1 saturated heterocycles. The largest absolute Gasteiger partial charge is 0.380 e. The maximum atomic E-state index is 12.5. The van der Waals surface area contributed by atoms with Gasteiger partial charge in [0.2, 0.25) is 0 Å². The Labute approximate surface area is 138 Å². The number of aliphatic hydroxyl groups is 1. The molecule has 0 bridgehead atoms. The number of rotatable bonds is 4. The van der Waals surface area contributed by atoms with Gasteiger partial charge in [-0.1, -0.05) is 0 Å². The van der Waals surface area contributed by atoms with Gasteiger partial charge >= 0.3 is 0 Å². The van der Waals surface area contributed by atoms with Crippen LogP contribution in [-0.4, -0.2) is 53.2 Å². The summed E-state index contributed by atoms with van der Waals surface area (Å²) in [5.41, 5.74) is 0.134. The molecule has 126 valence electrons. The zero-order valence-electron chi connectivity index (χ0n) is 13.9. The lowest BCUT2D eigenvalue weighted by Gasteiger charge is -2.36. The fraction of sp³-hybridized carbons (Fsp3) is 0.667. The molecule has 1 amide bonds. The number of amides is 1. The summed E-state index contributed by atoms with van der Waals surface area (Å²) < 4.78 is 0. The first-order valence-electron chi connectivity index (χ1n) is 8.71. The number of hydrogen-bond acceptors (Lipinski definition) is 4. The number of carbonyl (C=O) groups is 1. The Hall–Kier alpha value is -1.62. The molecule has 0 spiro atoms. The molecule has 1 aliphatic heterocycles. The van der Waals surface area contributed by atoms with Crippen LogP contribution in [0.3, 0.4) is 0 Å². The first kappa shape index (κ1) is 16.2. The summed E-state index contributed by atoms with van der Waals surface area (Å²) in [6.45, 7) is 2.79. The van der Waals surface area contributed by atoms with Crippen molar-refractivity contribution in [3.05, 3.63) is 24.5 Å². The van der Waals surface area contributed by atoms with Gasteiger partial charge in [0.1, 0.15) is 5.60 Å². The highest BCUT2D eigenvalue weighted by atomic mass is 16.3. The van der Waals surface area contributed by atoms with Crippen LogP contribution in [0, 0.1) is 5.92 Å². The molecule has 1 saturated carbocycles. The van der Waals surface area contributed by atoms with Crippen LogP contribution in [0.2, 0.25) is 0 Å². The van der Waals surface area contributed by atoms with Crippen LogP contribution in [0.5, 0.6) is 0 Å². The van der Waals surface area contributed by atoms with Gasteiger partial charge in [-0.2, -0.15) is 0 Å². The molecule has 1 aromatic rings. The molecule has 0 atom stereocenters. The van der Waals surface area contributed by atoms with E-state index in [0.29, 0.717) is 18.8 Å². The van der Waals surface area contributed by atoms with Gasteiger partial charge in [-0.05, 0) is 56.6 Å². The van der Waals surface area contributed by atoms with E-state index in [1.807, 2.05) is 31.6 Å². The van der Waals surface area contributed by atoms with Gasteiger partial charge < -0.3 is 14.9 Å². The molecule has 3 rings (SSSR count). The van der Waals surface area contributed by atoms with Gasteiger partial charge in [-0.25, -0.2) is 0 Å². The number of pyridine rings is 1. The number of anilines is 1. The summed E-state index contributed by atoms with van der Waals surface area (Å²) >= 11 is 0. The monoisotopic (exact) mass is 317 g/mol. The van der Waals surface area contributed by atoms with E-state index in [-0.39, 0.29) is 5.91 Å². The summed E-state index contributed by atoms with van der Waals surface area (Å²) in [4.78, 5) is 20.7. The van der Waals surface area contributed by atoms with Gasteiger partial charge in [0.05, 0.1) is 0 Å². The third kappa shape index (κ3) is 3.66. The van der Waals surface area contributed by atoms with Crippen molar-refractivity contribution >= 4 is 11.6 Å². The average molecular weight is 317 g/mol. The summed E-state index contributed by atoms with van der Waals surface area (Å²) in [7, 11) is 1.84. The zero-order chi connectivity index (χ0) is 16.3. The number of aromatic nitrogens is 1. The molecule has 0 aromatic carbocycles. The molecule has 5 heteroatoms. The second-order valence-electron chi connectivity index (χ2n) is 7.06. The van der Waals surface area contributed by atoms with E-state index in [0.717, 1.165) is 45.3 Å². The predicted octanol–water partition coefficient (Wildman–Crippen LogP) is 2.06. The molecule has 0 radical (unpaired) electrons. The van der Waals surface area contributed by atoms with Crippen LogP contribution in [0.4, 0.5) is 5.69 Å². The van der Waals surface area contributed by atoms with Crippen molar-refractivity contribution in [2.24, 2.45) is 5.92 Å². The van der Waals surface area contributed by atoms with E-state index in [1.165, 1.54) is 5.69 Å². The van der Waals surface area contributed by atoms with Gasteiger partial charge in [0.25, 0.3) is 5.91 Å².